The molecule has 0 aliphatic heterocycles. The number of aromatic nitrogens is 1. The van der Waals surface area contributed by atoms with E-state index in [1.54, 1.807) is 61.2 Å². The number of hydrogen-bond acceptors (Lipinski definition) is 9. The van der Waals surface area contributed by atoms with Crippen molar-refractivity contribution in [3.63, 3.8) is 0 Å². The maximum atomic E-state index is 13.6. The number of nitrogens with zero attached hydrogens (tertiary/aromatic N) is 2. The molecule has 42 heavy (non-hydrogen) atoms. The van der Waals surface area contributed by atoms with Crippen LogP contribution in [0, 0.1) is 0 Å². The summed E-state index contributed by atoms with van der Waals surface area (Å²) in [7, 11) is -8.09. The molecule has 1 atom stereocenters. The topological polar surface area (TPSA) is 164 Å². The average molecular weight is 638 g/mol. The van der Waals surface area contributed by atoms with Gasteiger partial charge in [-0.1, -0.05) is 48.5 Å². The van der Waals surface area contributed by atoms with Gasteiger partial charge in [0.25, 0.3) is 0 Å². The number of rotatable bonds is 13. The van der Waals surface area contributed by atoms with E-state index in [1.807, 2.05) is 30.3 Å². The minimum atomic E-state index is -4.18. The molecule has 0 aliphatic rings. The second kappa shape index (κ2) is 14.1. The van der Waals surface area contributed by atoms with E-state index in [-0.39, 0.29) is 25.8 Å². The van der Waals surface area contributed by atoms with E-state index in [0.717, 1.165) is 16.1 Å². The Hall–Kier alpha value is -3.53. The zero-order valence-corrected chi connectivity index (χ0v) is 26.2. The lowest BCUT2D eigenvalue weighted by atomic mass is 10.1. The molecule has 0 saturated carbocycles. The second-order valence-corrected chi connectivity index (χ2v) is 14.5. The Morgan fingerprint density at radius 3 is 2.19 bits per heavy atom. The van der Waals surface area contributed by atoms with E-state index in [1.165, 1.54) is 11.3 Å². The van der Waals surface area contributed by atoms with Gasteiger partial charge in [-0.3, -0.25) is 9.10 Å². The van der Waals surface area contributed by atoms with Gasteiger partial charge < -0.3 is 10.1 Å². The van der Waals surface area contributed by atoms with E-state index in [4.69, 9.17) is 4.74 Å². The van der Waals surface area contributed by atoms with Crippen molar-refractivity contribution >= 4 is 54.4 Å². The van der Waals surface area contributed by atoms with E-state index in [9.17, 15) is 26.4 Å². The Kier molecular flexibility index (Phi) is 11.1. The van der Waals surface area contributed by atoms with Gasteiger partial charge in [0.15, 0.2) is 5.13 Å². The standard InChI is InChI=1S/C27H35N5O7S3/c1-27(2,3)39-26(34)31-42(37,38)28-18-12-11-17-23(32(41(4,35)36)21-15-9-6-10-16-21)24(33)30-25-29-22(19-40-25)20-13-7-5-8-14-20/h5-10,13-16,19,23,28H,11-12,17-18H2,1-4H3,(H,31,34)(H,29,30,33). The van der Waals surface area contributed by atoms with Gasteiger partial charge in [-0.2, -0.15) is 13.1 Å². The molecule has 0 bridgehead atoms. The molecule has 0 spiro atoms. The number of unbranched alkanes of at least 4 members (excludes halogenated alkanes) is 1. The van der Waals surface area contributed by atoms with Crippen LogP contribution < -0.4 is 19.1 Å². The van der Waals surface area contributed by atoms with Crippen molar-refractivity contribution in [2.75, 3.05) is 22.4 Å². The van der Waals surface area contributed by atoms with Gasteiger partial charge in [0.1, 0.15) is 11.6 Å². The number of amides is 2. The summed E-state index contributed by atoms with van der Waals surface area (Å²) in [5.74, 6) is -0.578. The Labute approximate surface area is 250 Å². The van der Waals surface area contributed by atoms with Gasteiger partial charge in [0.05, 0.1) is 17.6 Å². The number of para-hydroxylation sites is 1. The normalized spacial score (nSPS) is 12.8. The third kappa shape index (κ3) is 10.4. The first kappa shape index (κ1) is 33.0. The molecule has 2 amide bonds. The molecular formula is C27H35N5O7S3. The van der Waals surface area contributed by atoms with Crippen LogP contribution in [0.1, 0.15) is 40.0 Å². The molecule has 12 nitrogen and oxygen atoms in total. The molecule has 1 heterocycles. The predicted molar refractivity (Wildman–Crippen MR) is 164 cm³/mol. The fraction of sp³-hybridized carbons (Fsp3) is 0.370. The lowest BCUT2D eigenvalue weighted by molar-refractivity contribution is -0.117. The minimum absolute atomic E-state index is 0.0659. The van der Waals surface area contributed by atoms with Crippen molar-refractivity contribution < 1.29 is 31.2 Å². The summed E-state index contributed by atoms with van der Waals surface area (Å²) in [5.41, 5.74) is 0.979. The summed E-state index contributed by atoms with van der Waals surface area (Å²) in [6.45, 7) is 4.74. The molecular weight excluding hydrogens is 603 g/mol. The van der Waals surface area contributed by atoms with Gasteiger partial charge in [0.2, 0.25) is 15.9 Å². The number of hydrogen-bond donors (Lipinski definition) is 3. The first-order chi connectivity index (χ1) is 19.6. The highest BCUT2D eigenvalue weighted by Gasteiger charge is 2.33. The summed E-state index contributed by atoms with van der Waals surface area (Å²) in [6, 6.07) is 16.5. The van der Waals surface area contributed by atoms with Crippen molar-refractivity contribution in [2.45, 2.75) is 51.7 Å². The highest BCUT2D eigenvalue weighted by atomic mass is 32.2. The zero-order chi connectivity index (χ0) is 31.0. The van der Waals surface area contributed by atoms with Crippen molar-refractivity contribution in [3.8, 4) is 11.3 Å². The Morgan fingerprint density at radius 2 is 1.60 bits per heavy atom. The summed E-state index contributed by atoms with van der Waals surface area (Å²) in [6.07, 6.45) is 0.510. The van der Waals surface area contributed by atoms with Gasteiger partial charge in [-0.25, -0.2) is 22.9 Å². The van der Waals surface area contributed by atoms with Crippen LogP contribution in [-0.2, 0) is 29.8 Å². The van der Waals surface area contributed by atoms with Crippen LogP contribution in [0.5, 0.6) is 0 Å². The summed E-state index contributed by atoms with van der Waals surface area (Å²) in [4.78, 5) is 29.8. The molecule has 0 fully saturated rings. The van der Waals surface area contributed by atoms with Crippen LogP contribution >= 0.6 is 11.3 Å². The van der Waals surface area contributed by atoms with Crippen molar-refractivity contribution in [1.29, 1.82) is 0 Å². The fourth-order valence-corrected chi connectivity index (χ4v) is 6.54. The van der Waals surface area contributed by atoms with Crippen LogP contribution in [0.15, 0.2) is 66.0 Å². The molecule has 0 saturated heterocycles. The number of ether oxygens (including phenoxy) is 1. The van der Waals surface area contributed by atoms with E-state index in [0.29, 0.717) is 16.5 Å². The summed E-state index contributed by atoms with van der Waals surface area (Å²) >= 11 is 1.22. The van der Waals surface area contributed by atoms with E-state index in [2.05, 4.69) is 15.0 Å². The number of anilines is 2. The SMILES string of the molecule is CC(C)(C)OC(=O)NS(=O)(=O)NCCCCC(C(=O)Nc1nc(-c2ccccc2)cs1)N(c1ccccc1)S(C)(=O)=O. The molecule has 3 aromatic rings. The first-order valence-electron chi connectivity index (χ1n) is 13.0. The summed E-state index contributed by atoms with van der Waals surface area (Å²) < 4.78 is 60.3. The maximum Gasteiger partial charge on any atom is 0.422 e. The molecule has 0 aliphatic carbocycles. The Bertz CT molecular complexity index is 1560. The number of thiazole rings is 1. The number of benzene rings is 2. The summed E-state index contributed by atoms with van der Waals surface area (Å²) in [5, 5.41) is 4.86. The van der Waals surface area contributed by atoms with Crippen LogP contribution in [0.3, 0.4) is 0 Å². The third-order valence-electron chi connectivity index (χ3n) is 5.57. The molecule has 228 valence electrons. The Morgan fingerprint density at radius 1 is 0.976 bits per heavy atom. The minimum Gasteiger partial charge on any atom is -0.443 e. The maximum absolute atomic E-state index is 13.6. The fourth-order valence-electron chi connectivity index (χ4n) is 3.91. The van der Waals surface area contributed by atoms with Crippen LogP contribution in [-0.4, -0.2) is 58.3 Å². The third-order valence-corrected chi connectivity index (χ3v) is 8.53. The lowest BCUT2D eigenvalue weighted by Crippen LogP contribution is -2.47. The first-order valence-corrected chi connectivity index (χ1v) is 17.2. The monoisotopic (exact) mass is 637 g/mol. The highest BCUT2D eigenvalue weighted by Crippen LogP contribution is 2.27. The Balaban J connectivity index is 1.71. The van der Waals surface area contributed by atoms with Crippen LogP contribution in [0.25, 0.3) is 11.3 Å². The molecule has 3 rings (SSSR count). The van der Waals surface area contributed by atoms with Crippen molar-refractivity contribution in [1.82, 2.24) is 14.4 Å². The van der Waals surface area contributed by atoms with Crippen LogP contribution in [0.2, 0.25) is 0 Å². The molecule has 0 radical (unpaired) electrons. The number of carbonyl (C=O) groups excluding carboxylic acids is 2. The molecule has 3 N–H and O–H groups in total. The predicted octanol–water partition coefficient (Wildman–Crippen LogP) is 4.11. The quantitative estimate of drug-likeness (QED) is 0.236. The van der Waals surface area contributed by atoms with Crippen molar-refractivity contribution in [2.24, 2.45) is 0 Å². The molecule has 1 unspecified atom stereocenters. The van der Waals surface area contributed by atoms with E-state index >= 15 is 0 Å². The second-order valence-electron chi connectivity index (χ2n) is 10.3. The number of nitrogens with one attached hydrogen (secondary N) is 3. The van der Waals surface area contributed by atoms with Gasteiger partial charge in [0, 0.05) is 17.5 Å². The molecule has 2 aromatic carbocycles. The average Bonchev–Trinajstić information content (AvgIpc) is 3.35. The van der Waals surface area contributed by atoms with Gasteiger partial charge in [-0.05, 0) is 52.2 Å². The van der Waals surface area contributed by atoms with Gasteiger partial charge >= 0.3 is 16.3 Å². The number of sulfonamides is 1. The van der Waals surface area contributed by atoms with Crippen molar-refractivity contribution in [3.05, 3.63) is 66.0 Å². The zero-order valence-electron chi connectivity index (χ0n) is 23.7. The van der Waals surface area contributed by atoms with Gasteiger partial charge in [-0.15, -0.1) is 11.3 Å². The highest BCUT2D eigenvalue weighted by molar-refractivity contribution is 7.92. The largest absolute Gasteiger partial charge is 0.443 e. The lowest BCUT2D eigenvalue weighted by Gasteiger charge is -2.30. The number of carbonyl (C=O) groups is 2. The van der Waals surface area contributed by atoms with E-state index < -0.39 is 43.9 Å². The molecule has 1 aromatic heterocycles. The molecule has 15 heteroatoms. The smallest absolute Gasteiger partial charge is 0.422 e. The van der Waals surface area contributed by atoms with Crippen LogP contribution in [0.4, 0.5) is 15.6 Å².